The lowest BCUT2D eigenvalue weighted by Crippen LogP contribution is -2.39. The van der Waals surface area contributed by atoms with E-state index in [2.05, 4.69) is 17.8 Å². The summed E-state index contributed by atoms with van der Waals surface area (Å²) in [5, 5.41) is 10.1. The molecular weight excluding hydrogens is 568 g/mol. The first kappa shape index (κ1) is 35.0. The summed E-state index contributed by atoms with van der Waals surface area (Å²) < 4.78 is 5.14. The summed E-state index contributed by atoms with van der Waals surface area (Å²) in [6.07, 6.45) is 11.5. The molecule has 2 aliphatic heterocycles. The van der Waals surface area contributed by atoms with Crippen LogP contribution in [0.4, 0.5) is 4.79 Å². The molecule has 0 radical (unpaired) electrons. The highest BCUT2D eigenvalue weighted by molar-refractivity contribution is 6.02. The van der Waals surface area contributed by atoms with E-state index in [0.29, 0.717) is 29.4 Å². The first-order valence-electron chi connectivity index (χ1n) is 14.2. The van der Waals surface area contributed by atoms with Gasteiger partial charge in [-0.25, -0.2) is 9.59 Å². The first-order valence-corrected chi connectivity index (χ1v) is 14.2. The van der Waals surface area contributed by atoms with Crippen molar-refractivity contribution in [1.29, 1.82) is 0 Å². The topological polar surface area (TPSA) is 191 Å². The smallest absolute Gasteiger partial charge is 0.425 e. The molecule has 0 bridgehead atoms. The van der Waals surface area contributed by atoms with Gasteiger partial charge in [0.25, 0.3) is 23.6 Å². The number of ether oxygens (including phenoxy) is 1. The summed E-state index contributed by atoms with van der Waals surface area (Å²) in [5.41, 5.74) is -0.959. The summed E-state index contributed by atoms with van der Waals surface area (Å²) in [6, 6.07) is 0. The fourth-order valence-electron chi connectivity index (χ4n) is 4.74. The Morgan fingerprint density at radius 1 is 0.860 bits per heavy atom. The average Bonchev–Trinajstić information content (AvgIpc) is 3.42. The fraction of sp³-hybridized carbons (Fsp3) is 0.621. The van der Waals surface area contributed by atoms with Crippen LogP contribution in [0.1, 0.15) is 90.9 Å². The van der Waals surface area contributed by atoms with Crippen molar-refractivity contribution in [3.05, 3.63) is 24.3 Å². The number of rotatable bonds is 4. The number of carbonyl (C=O) groups excluding carboxylic acids is 8. The van der Waals surface area contributed by atoms with Crippen molar-refractivity contribution in [1.82, 2.24) is 10.1 Å². The number of hydrogen-bond donors (Lipinski definition) is 1. The molecule has 4 unspecified atom stereocenters. The lowest BCUT2D eigenvalue weighted by atomic mass is 9.80. The number of aliphatic hydroxyl groups is 1. The van der Waals surface area contributed by atoms with Gasteiger partial charge in [-0.2, -0.15) is 9.59 Å². The molecule has 2 fully saturated rings. The molecule has 236 valence electrons. The minimum Gasteiger partial charge on any atom is -0.425 e. The zero-order chi connectivity index (χ0) is 32.0. The molecule has 2 aliphatic carbocycles. The molecule has 4 amide bonds. The van der Waals surface area contributed by atoms with Crippen molar-refractivity contribution in [3.8, 4) is 0 Å². The molecule has 43 heavy (non-hydrogen) atoms. The maximum Gasteiger partial charge on any atom is 0.534 e. The molecule has 0 saturated carbocycles. The largest absolute Gasteiger partial charge is 0.534 e. The zero-order valence-electron chi connectivity index (χ0n) is 24.4. The molecule has 4 atom stereocenters. The maximum absolute atomic E-state index is 12.6. The van der Waals surface area contributed by atoms with Gasteiger partial charge >= 0.3 is 18.3 Å². The third-order valence-electron chi connectivity index (χ3n) is 7.32. The summed E-state index contributed by atoms with van der Waals surface area (Å²) >= 11 is 0. The SMILES string of the molecule is CC1(C(=O)ON2C(=O)CCC2=O)C/C=C/C(OC(=O)ON2C(=O)CCC2=O)CCC1.CC1C/C=C/C(O)CCC1.O=C=O. The highest BCUT2D eigenvalue weighted by atomic mass is 16.8. The van der Waals surface area contributed by atoms with Gasteiger partial charge in [0.15, 0.2) is 0 Å². The Morgan fingerprint density at radius 2 is 1.42 bits per heavy atom. The molecule has 0 aromatic heterocycles. The van der Waals surface area contributed by atoms with Gasteiger partial charge in [-0.3, -0.25) is 24.0 Å². The van der Waals surface area contributed by atoms with Crippen molar-refractivity contribution < 1.29 is 57.9 Å². The van der Waals surface area contributed by atoms with Crippen LogP contribution in [0, 0.1) is 11.3 Å². The van der Waals surface area contributed by atoms with Gasteiger partial charge in [0.2, 0.25) is 0 Å². The molecule has 2 heterocycles. The molecule has 0 spiro atoms. The Hall–Kier alpha value is -4.16. The Kier molecular flexibility index (Phi) is 13.9. The van der Waals surface area contributed by atoms with E-state index in [1.54, 1.807) is 19.1 Å². The Bertz CT molecular complexity index is 1110. The summed E-state index contributed by atoms with van der Waals surface area (Å²) in [7, 11) is 0. The normalized spacial score (nSPS) is 28.8. The second-order valence-corrected chi connectivity index (χ2v) is 11.0. The minimum absolute atomic E-state index is 0.0151. The highest BCUT2D eigenvalue weighted by Crippen LogP contribution is 2.34. The second kappa shape index (κ2) is 17.1. The number of allylic oxidation sites excluding steroid dienone is 2. The highest BCUT2D eigenvalue weighted by Gasteiger charge is 2.41. The van der Waals surface area contributed by atoms with Crippen molar-refractivity contribution in [2.45, 2.75) is 103 Å². The molecular formula is C29H38N2O12. The van der Waals surface area contributed by atoms with Gasteiger partial charge in [0.1, 0.15) is 6.10 Å². The number of nitrogens with zero attached hydrogens (tertiary/aromatic N) is 2. The number of hydroxylamine groups is 4. The fourth-order valence-corrected chi connectivity index (χ4v) is 4.74. The third-order valence-corrected chi connectivity index (χ3v) is 7.32. The van der Waals surface area contributed by atoms with Gasteiger partial charge in [-0.05, 0) is 57.4 Å². The van der Waals surface area contributed by atoms with Crippen LogP contribution in [0.5, 0.6) is 0 Å². The molecule has 1 N–H and O–H groups in total. The molecule has 4 aliphatic rings. The van der Waals surface area contributed by atoms with E-state index in [1.807, 2.05) is 6.08 Å². The predicted octanol–water partition coefficient (Wildman–Crippen LogP) is 2.85. The van der Waals surface area contributed by atoms with Crippen LogP contribution in [-0.2, 0) is 48.0 Å². The maximum atomic E-state index is 12.6. The van der Waals surface area contributed by atoms with Gasteiger partial charge in [-0.1, -0.05) is 43.1 Å². The Balaban J connectivity index is 0.000000413. The van der Waals surface area contributed by atoms with E-state index in [-0.39, 0.29) is 44.4 Å². The predicted molar refractivity (Wildman–Crippen MR) is 143 cm³/mol. The molecule has 14 heteroatoms. The van der Waals surface area contributed by atoms with Crippen LogP contribution in [0.2, 0.25) is 0 Å². The number of carbonyl (C=O) groups is 6. The van der Waals surface area contributed by atoms with Crippen molar-refractivity contribution in [3.63, 3.8) is 0 Å². The molecule has 14 nitrogen and oxygen atoms in total. The van der Waals surface area contributed by atoms with Crippen molar-refractivity contribution >= 4 is 41.9 Å². The summed E-state index contributed by atoms with van der Waals surface area (Å²) in [6.45, 7) is 3.94. The van der Waals surface area contributed by atoms with E-state index in [9.17, 15) is 33.9 Å². The number of hydrogen-bond acceptors (Lipinski definition) is 12. The van der Waals surface area contributed by atoms with Gasteiger partial charge < -0.3 is 14.7 Å². The molecule has 0 aromatic rings. The molecule has 2 saturated heterocycles. The lowest BCUT2D eigenvalue weighted by Gasteiger charge is -2.29. The van der Waals surface area contributed by atoms with E-state index < -0.39 is 47.3 Å². The van der Waals surface area contributed by atoms with Crippen LogP contribution in [0.15, 0.2) is 24.3 Å². The molecule has 0 aromatic carbocycles. The van der Waals surface area contributed by atoms with Crippen LogP contribution in [-0.4, -0.2) is 69.3 Å². The average molecular weight is 607 g/mol. The number of imide groups is 2. The van der Waals surface area contributed by atoms with Crippen LogP contribution in [0.3, 0.4) is 0 Å². The van der Waals surface area contributed by atoms with Crippen LogP contribution >= 0.6 is 0 Å². The van der Waals surface area contributed by atoms with Gasteiger partial charge in [-0.15, -0.1) is 5.06 Å². The van der Waals surface area contributed by atoms with Crippen molar-refractivity contribution in [2.24, 2.45) is 11.3 Å². The Morgan fingerprint density at radius 3 is 2.00 bits per heavy atom. The quantitative estimate of drug-likeness (QED) is 0.280. The number of amides is 4. The minimum atomic E-state index is -1.16. The van der Waals surface area contributed by atoms with Crippen molar-refractivity contribution in [2.75, 3.05) is 0 Å². The first-order chi connectivity index (χ1) is 20.4. The summed E-state index contributed by atoms with van der Waals surface area (Å²) in [5.74, 6) is -2.16. The third kappa shape index (κ3) is 11.2. The summed E-state index contributed by atoms with van der Waals surface area (Å²) in [4.78, 5) is 96.7. The number of aliphatic hydroxyl groups excluding tert-OH is 1. The van der Waals surface area contributed by atoms with Gasteiger partial charge in [0, 0.05) is 25.7 Å². The van der Waals surface area contributed by atoms with Crippen LogP contribution < -0.4 is 0 Å². The van der Waals surface area contributed by atoms with E-state index in [1.165, 1.54) is 12.8 Å². The van der Waals surface area contributed by atoms with Gasteiger partial charge in [0.05, 0.1) is 11.5 Å². The van der Waals surface area contributed by atoms with Crippen LogP contribution in [0.25, 0.3) is 0 Å². The molecule has 4 rings (SSSR count). The second-order valence-electron chi connectivity index (χ2n) is 11.0. The van der Waals surface area contributed by atoms with E-state index >= 15 is 0 Å². The lowest BCUT2D eigenvalue weighted by molar-refractivity contribution is -0.205. The zero-order valence-corrected chi connectivity index (χ0v) is 24.4. The standard InChI is InChI=1S/C19H22N2O9.C9H16O.CO2/c1-19(17(26)29-20-13(22)6-7-14(20)23)10-2-4-12(5-3-11-19)28-18(27)30-21-15(24)8-9-16(21)25;1-8-4-2-6-9(10)7-3-5-8;2-1-3/h2,4,12H,3,5-11H2,1H3;2,6,8-10H,3-5,7H2,1H3;/b4-2+;6-2+;. The van der Waals surface area contributed by atoms with E-state index in [4.69, 9.17) is 19.2 Å². The monoisotopic (exact) mass is 606 g/mol. The van der Waals surface area contributed by atoms with E-state index in [0.717, 1.165) is 18.8 Å². The Labute approximate surface area is 248 Å².